The lowest BCUT2D eigenvalue weighted by atomic mass is 10.1. The highest BCUT2D eigenvalue weighted by atomic mass is 16.5. The first-order valence-corrected chi connectivity index (χ1v) is 8.30. The number of hydrogen-bond acceptors (Lipinski definition) is 5. The SMILES string of the molecule is COc1nccc(OC2CCN(C(=O)Nc3ccc(C)cc3)CC2)n1. The maximum absolute atomic E-state index is 12.3. The zero-order chi connectivity index (χ0) is 17.6. The lowest BCUT2D eigenvalue weighted by Crippen LogP contribution is -2.43. The predicted octanol–water partition coefficient (Wildman–Crippen LogP) is 2.87. The Hall–Kier alpha value is -2.83. The van der Waals surface area contributed by atoms with Gasteiger partial charge in [-0.1, -0.05) is 17.7 Å². The lowest BCUT2D eigenvalue weighted by molar-refractivity contribution is 0.110. The van der Waals surface area contributed by atoms with E-state index in [9.17, 15) is 4.79 Å². The maximum Gasteiger partial charge on any atom is 0.321 e. The average molecular weight is 342 g/mol. The van der Waals surface area contributed by atoms with Gasteiger partial charge in [0.1, 0.15) is 6.10 Å². The fourth-order valence-electron chi connectivity index (χ4n) is 2.68. The number of aryl methyl sites for hydroxylation is 1. The fourth-order valence-corrected chi connectivity index (χ4v) is 2.68. The summed E-state index contributed by atoms with van der Waals surface area (Å²) in [5.41, 5.74) is 1.97. The molecule has 1 fully saturated rings. The summed E-state index contributed by atoms with van der Waals surface area (Å²) >= 11 is 0. The Balaban J connectivity index is 1.49. The van der Waals surface area contributed by atoms with Crippen molar-refractivity contribution >= 4 is 11.7 Å². The molecule has 3 rings (SSSR count). The molecule has 1 aliphatic rings. The minimum absolute atomic E-state index is 0.0306. The number of carbonyl (C=O) groups is 1. The molecule has 0 bridgehead atoms. The summed E-state index contributed by atoms with van der Waals surface area (Å²) in [6.07, 6.45) is 3.15. The first-order chi connectivity index (χ1) is 12.1. The molecule has 7 heteroatoms. The summed E-state index contributed by atoms with van der Waals surface area (Å²) in [7, 11) is 1.52. The number of ether oxygens (including phenoxy) is 2. The van der Waals surface area contributed by atoms with Crippen LogP contribution in [0.1, 0.15) is 18.4 Å². The van der Waals surface area contributed by atoms with Crippen LogP contribution in [0.5, 0.6) is 11.9 Å². The van der Waals surface area contributed by atoms with Crippen LogP contribution in [0.15, 0.2) is 36.5 Å². The number of nitrogens with zero attached hydrogens (tertiary/aromatic N) is 3. The van der Waals surface area contributed by atoms with Crippen LogP contribution >= 0.6 is 0 Å². The molecule has 0 atom stereocenters. The van der Waals surface area contributed by atoms with Crippen molar-refractivity contribution in [2.75, 3.05) is 25.5 Å². The van der Waals surface area contributed by atoms with E-state index in [-0.39, 0.29) is 18.1 Å². The lowest BCUT2D eigenvalue weighted by Gasteiger charge is -2.31. The van der Waals surface area contributed by atoms with Gasteiger partial charge in [0.25, 0.3) is 0 Å². The number of carbonyl (C=O) groups excluding carboxylic acids is 1. The van der Waals surface area contributed by atoms with Crippen LogP contribution in [0.4, 0.5) is 10.5 Å². The zero-order valence-electron chi connectivity index (χ0n) is 14.4. The molecule has 7 nitrogen and oxygen atoms in total. The van der Waals surface area contributed by atoms with Crippen LogP contribution in [0.2, 0.25) is 0 Å². The standard InChI is InChI=1S/C18H22N4O3/c1-13-3-5-14(6-4-13)20-18(23)22-11-8-15(9-12-22)25-16-7-10-19-17(21-16)24-2/h3-7,10,15H,8-9,11-12H2,1-2H3,(H,20,23). The molecule has 0 radical (unpaired) electrons. The average Bonchev–Trinajstić information content (AvgIpc) is 2.64. The van der Waals surface area contributed by atoms with Crippen LogP contribution in [-0.4, -0.2) is 47.2 Å². The number of anilines is 1. The number of methoxy groups -OCH3 is 1. The van der Waals surface area contributed by atoms with Gasteiger partial charge in [-0.3, -0.25) is 0 Å². The van der Waals surface area contributed by atoms with E-state index in [2.05, 4.69) is 15.3 Å². The van der Waals surface area contributed by atoms with Gasteiger partial charge in [0.15, 0.2) is 0 Å². The van der Waals surface area contributed by atoms with Gasteiger partial charge < -0.3 is 19.7 Å². The summed E-state index contributed by atoms with van der Waals surface area (Å²) in [6, 6.07) is 9.69. The van der Waals surface area contributed by atoms with Crippen LogP contribution < -0.4 is 14.8 Å². The summed E-state index contributed by atoms with van der Waals surface area (Å²) < 4.78 is 10.9. The minimum Gasteiger partial charge on any atom is -0.474 e. The third-order valence-electron chi connectivity index (χ3n) is 4.11. The zero-order valence-corrected chi connectivity index (χ0v) is 14.4. The molecule has 0 spiro atoms. The Morgan fingerprint density at radius 2 is 1.92 bits per heavy atom. The van der Waals surface area contributed by atoms with E-state index in [1.54, 1.807) is 17.2 Å². The molecule has 1 N–H and O–H groups in total. The van der Waals surface area contributed by atoms with Gasteiger partial charge in [-0.2, -0.15) is 4.98 Å². The largest absolute Gasteiger partial charge is 0.474 e. The summed E-state index contributed by atoms with van der Waals surface area (Å²) in [5, 5.41) is 2.93. The van der Waals surface area contributed by atoms with E-state index in [1.807, 2.05) is 31.2 Å². The van der Waals surface area contributed by atoms with Crippen LogP contribution in [0.3, 0.4) is 0 Å². The summed E-state index contributed by atoms with van der Waals surface area (Å²) in [6.45, 7) is 3.30. The van der Waals surface area contributed by atoms with E-state index in [0.717, 1.165) is 24.1 Å². The number of urea groups is 1. The molecule has 2 amide bonds. The highest BCUT2D eigenvalue weighted by Gasteiger charge is 2.24. The fraction of sp³-hybridized carbons (Fsp3) is 0.389. The van der Waals surface area contributed by atoms with Crippen LogP contribution in [0, 0.1) is 6.92 Å². The van der Waals surface area contributed by atoms with Crippen molar-refractivity contribution < 1.29 is 14.3 Å². The third-order valence-corrected chi connectivity index (χ3v) is 4.11. The second kappa shape index (κ2) is 7.83. The van der Waals surface area contributed by atoms with Gasteiger partial charge in [0.05, 0.1) is 7.11 Å². The van der Waals surface area contributed by atoms with E-state index in [1.165, 1.54) is 7.11 Å². The van der Waals surface area contributed by atoms with Gasteiger partial charge in [0.2, 0.25) is 5.88 Å². The molecule has 1 aromatic carbocycles. The van der Waals surface area contributed by atoms with Gasteiger partial charge in [-0.25, -0.2) is 9.78 Å². The summed E-state index contributed by atoms with van der Waals surface area (Å²) in [5.74, 6) is 0.495. The Bertz CT molecular complexity index is 713. The van der Waals surface area contributed by atoms with Crippen LogP contribution in [0.25, 0.3) is 0 Å². The molecule has 0 aliphatic carbocycles. The predicted molar refractivity (Wildman–Crippen MR) is 94.0 cm³/mol. The second-order valence-corrected chi connectivity index (χ2v) is 5.98. The smallest absolute Gasteiger partial charge is 0.321 e. The molecule has 2 heterocycles. The number of aromatic nitrogens is 2. The first-order valence-electron chi connectivity index (χ1n) is 8.30. The van der Waals surface area contributed by atoms with Crippen LogP contribution in [-0.2, 0) is 0 Å². The van der Waals surface area contributed by atoms with Gasteiger partial charge >= 0.3 is 12.0 Å². The molecular formula is C18H22N4O3. The van der Waals surface area contributed by atoms with Gasteiger partial charge in [-0.05, 0) is 19.1 Å². The number of hydrogen-bond donors (Lipinski definition) is 1. The number of amides is 2. The van der Waals surface area contributed by atoms with E-state index >= 15 is 0 Å². The van der Waals surface area contributed by atoms with Crippen molar-refractivity contribution in [3.63, 3.8) is 0 Å². The third kappa shape index (κ3) is 4.59. The van der Waals surface area contributed by atoms with Crippen molar-refractivity contribution in [3.8, 4) is 11.9 Å². The molecule has 0 unspecified atom stereocenters. The molecule has 132 valence electrons. The second-order valence-electron chi connectivity index (χ2n) is 5.98. The number of nitrogens with one attached hydrogen (secondary N) is 1. The van der Waals surface area contributed by atoms with Gasteiger partial charge in [-0.15, -0.1) is 0 Å². The molecule has 2 aromatic rings. The monoisotopic (exact) mass is 342 g/mol. The topological polar surface area (TPSA) is 76.6 Å². The van der Waals surface area contributed by atoms with Crippen molar-refractivity contribution in [2.24, 2.45) is 0 Å². The normalized spacial score (nSPS) is 14.9. The van der Waals surface area contributed by atoms with E-state index < -0.39 is 0 Å². The quantitative estimate of drug-likeness (QED) is 0.924. The minimum atomic E-state index is -0.0778. The molecular weight excluding hydrogens is 320 g/mol. The van der Waals surface area contributed by atoms with Gasteiger partial charge in [0, 0.05) is 43.9 Å². The first kappa shape index (κ1) is 17.0. The Morgan fingerprint density at radius 1 is 1.20 bits per heavy atom. The van der Waals surface area contributed by atoms with Crippen molar-refractivity contribution in [1.82, 2.24) is 14.9 Å². The number of likely N-dealkylation sites (tertiary alicyclic amines) is 1. The number of piperidine rings is 1. The molecule has 25 heavy (non-hydrogen) atoms. The number of rotatable bonds is 4. The molecule has 1 aromatic heterocycles. The van der Waals surface area contributed by atoms with Crippen molar-refractivity contribution in [1.29, 1.82) is 0 Å². The molecule has 0 saturated carbocycles. The van der Waals surface area contributed by atoms with Crippen molar-refractivity contribution in [3.05, 3.63) is 42.1 Å². The Labute approximate surface area is 147 Å². The Kier molecular flexibility index (Phi) is 5.33. The highest BCUT2D eigenvalue weighted by Crippen LogP contribution is 2.19. The maximum atomic E-state index is 12.3. The number of benzene rings is 1. The van der Waals surface area contributed by atoms with Crippen molar-refractivity contribution in [2.45, 2.75) is 25.9 Å². The van der Waals surface area contributed by atoms with E-state index in [4.69, 9.17) is 9.47 Å². The molecule has 1 aliphatic heterocycles. The Morgan fingerprint density at radius 3 is 2.60 bits per heavy atom. The summed E-state index contributed by atoms with van der Waals surface area (Å²) in [4.78, 5) is 22.3. The highest BCUT2D eigenvalue weighted by molar-refractivity contribution is 5.89. The molecule has 1 saturated heterocycles. The van der Waals surface area contributed by atoms with E-state index in [0.29, 0.717) is 19.0 Å².